The molecule has 0 spiro atoms. The highest BCUT2D eigenvalue weighted by molar-refractivity contribution is 7.25. The summed E-state index contributed by atoms with van der Waals surface area (Å²) < 4.78 is 8.85. The van der Waals surface area contributed by atoms with E-state index in [-0.39, 0.29) is 0 Å². The average Bonchev–Trinajstić information content (AvgIpc) is 3.82. The van der Waals surface area contributed by atoms with Crippen LogP contribution in [-0.2, 0) is 0 Å². The van der Waals surface area contributed by atoms with Gasteiger partial charge in [-0.15, -0.1) is 11.3 Å². The molecule has 0 bridgehead atoms. The largest absolute Gasteiger partial charge is 0.456 e. The Morgan fingerprint density at radius 1 is 0.345 bits per heavy atom. The summed E-state index contributed by atoms with van der Waals surface area (Å²) in [6.07, 6.45) is 0. The molecule has 2 heterocycles. The van der Waals surface area contributed by atoms with Crippen molar-refractivity contribution in [3.63, 3.8) is 0 Å². The van der Waals surface area contributed by atoms with Crippen LogP contribution in [0.2, 0.25) is 0 Å². The minimum Gasteiger partial charge on any atom is -0.456 e. The van der Waals surface area contributed by atoms with E-state index in [1.807, 2.05) is 23.5 Å². The van der Waals surface area contributed by atoms with Gasteiger partial charge in [-0.1, -0.05) is 133 Å². The highest BCUT2D eigenvalue weighted by atomic mass is 32.1. The average molecular weight is 720 g/mol. The number of thiophene rings is 1. The summed E-state index contributed by atoms with van der Waals surface area (Å²) in [5, 5.41) is 7.37. The highest BCUT2D eigenvalue weighted by Crippen LogP contribution is 2.44. The van der Waals surface area contributed by atoms with Crippen molar-refractivity contribution < 1.29 is 4.42 Å². The fraction of sp³-hybridized carbons (Fsp3) is 0. The van der Waals surface area contributed by atoms with E-state index >= 15 is 0 Å². The lowest BCUT2D eigenvalue weighted by Crippen LogP contribution is -2.11. The summed E-state index contributed by atoms with van der Waals surface area (Å²) in [5.74, 6) is 0. The normalized spacial score (nSPS) is 11.6. The second-order valence-corrected chi connectivity index (χ2v) is 15.2. The topological polar surface area (TPSA) is 16.4 Å². The number of rotatable bonds is 6. The molecule has 0 aliphatic heterocycles. The van der Waals surface area contributed by atoms with Crippen LogP contribution in [0.3, 0.4) is 0 Å². The van der Waals surface area contributed by atoms with E-state index in [1.165, 1.54) is 53.2 Å². The fourth-order valence-corrected chi connectivity index (χ4v) is 9.30. The quantitative estimate of drug-likeness (QED) is 0.170. The van der Waals surface area contributed by atoms with Crippen molar-refractivity contribution in [2.75, 3.05) is 4.90 Å². The fourth-order valence-electron chi connectivity index (χ4n) is 8.21. The molecule has 0 unspecified atom stereocenters. The molecular formula is C52H33NOS. The standard InChI is InChI=1S/C52H33NOS/c1-2-12-41-35(10-1)11-9-16-42(41)36-22-28-40(29-23-36)53(39-26-20-34(21-27-39)37-25-31-52-47(32-37)45-15-5-8-19-51(45)55-52)48-17-6-3-13-43(48)38-24-30-50-46(33-38)44-14-4-7-18-49(44)54-50/h1-33H. The summed E-state index contributed by atoms with van der Waals surface area (Å²) >= 11 is 1.86. The van der Waals surface area contributed by atoms with Gasteiger partial charge in [-0.05, 0) is 105 Å². The Kier molecular flexibility index (Phi) is 7.39. The van der Waals surface area contributed by atoms with Gasteiger partial charge in [0.15, 0.2) is 0 Å². The molecule has 2 aromatic heterocycles. The molecule has 0 saturated heterocycles. The number of hydrogen-bond donors (Lipinski definition) is 0. The maximum absolute atomic E-state index is 6.21. The first-order valence-electron chi connectivity index (χ1n) is 18.7. The van der Waals surface area contributed by atoms with Gasteiger partial charge in [-0.3, -0.25) is 0 Å². The van der Waals surface area contributed by atoms with Gasteiger partial charge in [0.05, 0.1) is 5.69 Å². The molecule has 0 radical (unpaired) electrons. The Morgan fingerprint density at radius 3 is 1.78 bits per heavy atom. The van der Waals surface area contributed by atoms with Crippen molar-refractivity contribution in [3.05, 3.63) is 200 Å². The molecule has 0 amide bonds. The van der Waals surface area contributed by atoms with Crippen LogP contribution in [0.25, 0.3) is 86.3 Å². The first-order chi connectivity index (χ1) is 27.2. The van der Waals surface area contributed by atoms with Crippen molar-refractivity contribution in [2.24, 2.45) is 0 Å². The van der Waals surface area contributed by atoms with Gasteiger partial charge in [0.25, 0.3) is 0 Å². The van der Waals surface area contributed by atoms with Crippen molar-refractivity contribution in [2.45, 2.75) is 0 Å². The SMILES string of the molecule is c1ccc(N(c2ccc(-c3ccc4sc5ccccc5c4c3)cc2)c2ccc(-c3cccc4ccccc34)cc2)c(-c2ccc3oc4ccccc4c3c2)c1. The van der Waals surface area contributed by atoms with Crippen LogP contribution in [0.4, 0.5) is 17.1 Å². The number of hydrogen-bond acceptors (Lipinski definition) is 3. The van der Waals surface area contributed by atoms with E-state index in [0.717, 1.165) is 50.1 Å². The first kappa shape index (κ1) is 31.6. The van der Waals surface area contributed by atoms with Gasteiger partial charge in [0, 0.05) is 47.9 Å². The third-order valence-corrected chi connectivity index (χ3v) is 12.0. The van der Waals surface area contributed by atoms with Crippen LogP contribution in [0.15, 0.2) is 205 Å². The molecule has 2 nitrogen and oxygen atoms in total. The van der Waals surface area contributed by atoms with Gasteiger partial charge < -0.3 is 9.32 Å². The molecule has 0 fully saturated rings. The number of fused-ring (bicyclic) bond motifs is 7. The number of anilines is 3. The Balaban J connectivity index is 1.04. The molecule has 0 N–H and O–H groups in total. The summed E-state index contributed by atoms with van der Waals surface area (Å²) in [4.78, 5) is 2.39. The second-order valence-electron chi connectivity index (χ2n) is 14.1. The van der Waals surface area contributed by atoms with Crippen LogP contribution in [0.5, 0.6) is 0 Å². The Hall–Kier alpha value is -6.94. The minimum absolute atomic E-state index is 0.896. The molecule has 11 rings (SSSR count). The summed E-state index contributed by atoms with van der Waals surface area (Å²) in [5.41, 5.74) is 12.2. The maximum Gasteiger partial charge on any atom is 0.135 e. The number of furan rings is 1. The molecule has 258 valence electrons. The molecule has 0 atom stereocenters. The van der Waals surface area contributed by atoms with Gasteiger partial charge >= 0.3 is 0 Å². The lowest BCUT2D eigenvalue weighted by molar-refractivity contribution is 0.669. The molecular weight excluding hydrogens is 687 g/mol. The molecule has 0 saturated carbocycles. The van der Waals surface area contributed by atoms with E-state index in [1.54, 1.807) is 0 Å². The number of para-hydroxylation sites is 2. The molecule has 3 heteroatoms. The van der Waals surface area contributed by atoms with E-state index in [9.17, 15) is 0 Å². The zero-order valence-corrected chi connectivity index (χ0v) is 30.6. The summed E-state index contributed by atoms with van der Waals surface area (Å²) in [6, 6.07) is 72.3. The minimum atomic E-state index is 0.896. The van der Waals surface area contributed by atoms with Crippen LogP contribution < -0.4 is 4.90 Å². The van der Waals surface area contributed by atoms with Gasteiger partial charge in [-0.2, -0.15) is 0 Å². The van der Waals surface area contributed by atoms with E-state index in [2.05, 4.69) is 193 Å². The monoisotopic (exact) mass is 719 g/mol. The Bertz CT molecular complexity index is 3200. The first-order valence-corrected chi connectivity index (χ1v) is 19.5. The van der Waals surface area contributed by atoms with E-state index < -0.39 is 0 Å². The zero-order valence-electron chi connectivity index (χ0n) is 29.8. The van der Waals surface area contributed by atoms with E-state index in [0.29, 0.717) is 0 Å². The van der Waals surface area contributed by atoms with E-state index in [4.69, 9.17) is 4.42 Å². The summed E-state index contributed by atoms with van der Waals surface area (Å²) in [7, 11) is 0. The molecule has 9 aromatic carbocycles. The van der Waals surface area contributed by atoms with Gasteiger partial charge in [0.2, 0.25) is 0 Å². The predicted octanol–water partition coefficient (Wildman–Crippen LogP) is 15.6. The van der Waals surface area contributed by atoms with Gasteiger partial charge in [-0.25, -0.2) is 0 Å². The maximum atomic E-state index is 6.21. The van der Waals surface area contributed by atoms with Crippen molar-refractivity contribution >= 4 is 81.3 Å². The highest BCUT2D eigenvalue weighted by Gasteiger charge is 2.19. The summed E-state index contributed by atoms with van der Waals surface area (Å²) in [6.45, 7) is 0. The van der Waals surface area contributed by atoms with Crippen LogP contribution in [0, 0.1) is 0 Å². The number of nitrogens with zero attached hydrogens (tertiary/aromatic N) is 1. The predicted molar refractivity (Wildman–Crippen MR) is 235 cm³/mol. The van der Waals surface area contributed by atoms with Crippen molar-refractivity contribution in [3.8, 4) is 33.4 Å². The lowest BCUT2D eigenvalue weighted by Gasteiger charge is -2.28. The number of benzene rings is 9. The Morgan fingerprint density at radius 2 is 0.927 bits per heavy atom. The molecule has 0 aliphatic carbocycles. The van der Waals surface area contributed by atoms with Crippen molar-refractivity contribution in [1.82, 2.24) is 0 Å². The zero-order chi connectivity index (χ0) is 36.3. The van der Waals surface area contributed by atoms with Crippen LogP contribution in [0.1, 0.15) is 0 Å². The smallest absolute Gasteiger partial charge is 0.135 e. The second kappa shape index (κ2) is 12.9. The van der Waals surface area contributed by atoms with Crippen molar-refractivity contribution in [1.29, 1.82) is 0 Å². The molecule has 55 heavy (non-hydrogen) atoms. The van der Waals surface area contributed by atoms with Crippen LogP contribution >= 0.6 is 11.3 Å². The Labute approximate surface area is 322 Å². The molecule has 11 aromatic rings. The third kappa shape index (κ3) is 5.40. The van der Waals surface area contributed by atoms with Crippen LogP contribution in [-0.4, -0.2) is 0 Å². The lowest BCUT2D eigenvalue weighted by atomic mass is 9.97. The third-order valence-electron chi connectivity index (χ3n) is 10.9. The van der Waals surface area contributed by atoms with Gasteiger partial charge in [0.1, 0.15) is 11.2 Å². The molecule has 0 aliphatic rings.